The van der Waals surface area contributed by atoms with Gasteiger partial charge in [-0.25, -0.2) is 13.2 Å². The molecule has 8 heteroatoms. The van der Waals surface area contributed by atoms with Crippen LogP contribution in [0.15, 0.2) is 0 Å². The fraction of sp³-hybridized carbons (Fsp3) is 0.875. The van der Waals surface area contributed by atoms with Gasteiger partial charge in [-0.3, -0.25) is 4.79 Å². The minimum atomic E-state index is -2.97. The van der Waals surface area contributed by atoms with Gasteiger partial charge in [-0.2, -0.15) is 0 Å². The lowest BCUT2D eigenvalue weighted by Crippen LogP contribution is -2.45. The number of sulfone groups is 1. The molecule has 2 aliphatic rings. The van der Waals surface area contributed by atoms with E-state index in [4.69, 9.17) is 4.74 Å². The van der Waals surface area contributed by atoms with E-state index < -0.39 is 15.4 Å². The van der Waals surface area contributed by atoms with Crippen molar-refractivity contribution in [2.45, 2.75) is 45.6 Å². The van der Waals surface area contributed by atoms with Gasteiger partial charge in [0.1, 0.15) is 5.60 Å². The number of nitrogens with zero attached hydrogens (tertiary/aromatic N) is 2. The zero-order chi connectivity index (χ0) is 18.0. The number of hydrogen-bond donors (Lipinski definition) is 0. The first-order chi connectivity index (χ1) is 11.1. The normalized spacial score (nSPS) is 22.3. The third kappa shape index (κ3) is 5.65. The van der Waals surface area contributed by atoms with Crippen LogP contribution < -0.4 is 0 Å². The summed E-state index contributed by atoms with van der Waals surface area (Å²) < 4.78 is 28.2. The van der Waals surface area contributed by atoms with E-state index in [0.29, 0.717) is 32.6 Å². The van der Waals surface area contributed by atoms with E-state index in [2.05, 4.69) is 0 Å². The molecule has 0 atom stereocenters. The average molecular weight is 360 g/mol. The van der Waals surface area contributed by atoms with Crippen LogP contribution in [0.25, 0.3) is 0 Å². The largest absolute Gasteiger partial charge is 0.444 e. The minimum Gasteiger partial charge on any atom is -0.444 e. The molecule has 0 aliphatic carbocycles. The minimum absolute atomic E-state index is 0.0284. The topological polar surface area (TPSA) is 84.0 Å². The Bertz CT molecular complexity index is 560. The monoisotopic (exact) mass is 360 g/mol. The smallest absolute Gasteiger partial charge is 0.410 e. The summed E-state index contributed by atoms with van der Waals surface area (Å²) in [5.41, 5.74) is -0.501. The lowest BCUT2D eigenvalue weighted by atomic mass is 9.93. The molecule has 2 heterocycles. The summed E-state index contributed by atoms with van der Waals surface area (Å²) >= 11 is 0. The molecule has 2 amide bonds. The van der Waals surface area contributed by atoms with E-state index in [1.54, 1.807) is 9.80 Å². The molecule has 2 rings (SSSR count). The molecule has 2 saturated heterocycles. The Labute approximate surface area is 144 Å². The second kappa shape index (κ2) is 7.29. The maximum absolute atomic E-state index is 12.3. The van der Waals surface area contributed by atoms with Gasteiger partial charge in [0, 0.05) is 32.6 Å². The van der Waals surface area contributed by atoms with Crippen molar-refractivity contribution in [3.8, 4) is 0 Å². The summed E-state index contributed by atoms with van der Waals surface area (Å²) in [7, 11) is -2.97. The Morgan fingerprint density at radius 2 is 1.54 bits per heavy atom. The van der Waals surface area contributed by atoms with Crippen LogP contribution in [0, 0.1) is 5.92 Å². The van der Waals surface area contributed by atoms with Crippen LogP contribution in [0.5, 0.6) is 0 Å². The molecule has 0 N–H and O–H groups in total. The van der Waals surface area contributed by atoms with Gasteiger partial charge in [0.25, 0.3) is 0 Å². The number of ether oxygens (including phenoxy) is 1. The number of hydrogen-bond acceptors (Lipinski definition) is 5. The second-order valence-electron chi connectivity index (χ2n) is 7.65. The Kier molecular flexibility index (Phi) is 5.78. The van der Waals surface area contributed by atoms with Crippen molar-refractivity contribution in [2.24, 2.45) is 5.92 Å². The number of piperidine rings is 1. The summed E-state index contributed by atoms with van der Waals surface area (Å²) in [4.78, 5) is 27.7. The molecule has 0 aromatic rings. The molecule has 24 heavy (non-hydrogen) atoms. The number of likely N-dealkylation sites (tertiary alicyclic amines) is 1. The predicted molar refractivity (Wildman–Crippen MR) is 90.4 cm³/mol. The number of amides is 2. The Morgan fingerprint density at radius 3 is 2.04 bits per heavy atom. The van der Waals surface area contributed by atoms with Crippen molar-refractivity contribution in [3.63, 3.8) is 0 Å². The highest BCUT2D eigenvalue weighted by Crippen LogP contribution is 2.23. The molecule has 0 radical (unpaired) electrons. The molecular formula is C16H28N2O5S. The Balaban J connectivity index is 1.75. The molecule has 7 nitrogen and oxygen atoms in total. The van der Waals surface area contributed by atoms with Crippen molar-refractivity contribution in [1.29, 1.82) is 0 Å². The van der Waals surface area contributed by atoms with Crippen LogP contribution in [0.4, 0.5) is 4.79 Å². The Morgan fingerprint density at radius 1 is 1.00 bits per heavy atom. The highest BCUT2D eigenvalue weighted by Gasteiger charge is 2.30. The molecule has 0 spiro atoms. The molecular weight excluding hydrogens is 332 g/mol. The van der Waals surface area contributed by atoms with Crippen LogP contribution in [0.1, 0.15) is 40.0 Å². The number of carbonyl (C=O) groups excluding carboxylic acids is 2. The maximum Gasteiger partial charge on any atom is 0.410 e. The van der Waals surface area contributed by atoms with Gasteiger partial charge < -0.3 is 14.5 Å². The molecule has 0 aromatic heterocycles. The van der Waals surface area contributed by atoms with Crippen molar-refractivity contribution in [1.82, 2.24) is 9.80 Å². The predicted octanol–water partition coefficient (Wildman–Crippen LogP) is 1.28. The number of rotatable bonds is 2. The van der Waals surface area contributed by atoms with Crippen LogP contribution >= 0.6 is 0 Å². The van der Waals surface area contributed by atoms with Crippen molar-refractivity contribution in [2.75, 3.05) is 37.7 Å². The van der Waals surface area contributed by atoms with Gasteiger partial charge in [-0.05, 0) is 39.5 Å². The van der Waals surface area contributed by atoms with Gasteiger partial charge in [0.05, 0.1) is 11.5 Å². The van der Waals surface area contributed by atoms with Gasteiger partial charge in [-0.1, -0.05) is 0 Å². The zero-order valence-corrected chi connectivity index (χ0v) is 15.6. The third-order valence-electron chi connectivity index (χ3n) is 4.43. The summed E-state index contributed by atoms with van der Waals surface area (Å²) in [5.74, 6) is 0.404. The van der Waals surface area contributed by atoms with Crippen LogP contribution in [0.2, 0.25) is 0 Å². The lowest BCUT2D eigenvalue weighted by molar-refractivity contribution is -0.132. The summed E-state index contributed by atoms with van der Waals surface area (Å²) in [6.07, 6.45) is 1.68. The average Bonchev–Trinajstić information content (AvgIpc) is 2.46. The van der Waals surface area contributed by atoms with E-state index in [1.807, 2.05) is 20.8 Å². The molecule has 0 saturated carbocycles. The first-order valence-electron chi connectivity index (χ1n) is 8.52. The highest BCUT2D eigenvalue weighted by molar-refractivity contribution is 7.91. The van der Waals surface area contributed by atoms with E-state index in [0.717, 1.165) is 12.8 Å². The summed E-state index contributed by atoms with van der Waals surface area (Å²) in [6.45, 7) is 7.33. The summed E-state index contributed by atoms with van der Waals surface area (Å²) in [5, 5.41) is 0. The van der Waals surface area contributed by atoms with Crippen LogP contribution in [-0.2, 0) is 19.4 Å². The molecule has 2 fully saturated rings. The SMILES string of the molecule is CC(C)(C)OC(=O)N1CCC(CC(=O)N2CCS(=O)(=O)CC2)CC1. The fourth-order valence-electron chi connectivity index (χ4n) is 2.98. The lowest BCUT2D eigenvalue weighted by Gasteiger charge is -2.34. The fourth-order valence-corrected chi connectivity index (χ4v) is 4.19. The van der Waals surface area contributed by atoms with E-state index in [1.165, 1.54) is 0 Å². The second-order valence-corrected chi connectivity index (χ2v) is 9.95. The molecule has 0 aromatic carbocycles. The molecule has 138 valence electrons. The standard InChI is InChI=1S/C16H28N2O5S/c1-16(2,3)23-15(20)18-6-4-13(5-7-18)12-14(19)17-8-10-24(21,22)11-9-17/h13H,4-12H2,1-3H3. The molecule has 2 aliphatic heterocycles. The summed E-state index contributed by atoms with van der Waals surface area (Å²) in [6, 6.07) is 0. The van der Waals surface area contributed by atoms with Crippen LogP contribution in [-0.4, -0.2) is 73.5 Å². The van der Waals surface area contributed by atoms with Gasteiger partial charge in [0.2, 0.25) is 5.91 Å². The van der Waals surface area contributed by atoms with Crippen molar-refractivity contribution in [3.05, 3.63) is 0 Å². The van der Waals surface area contributed by atoms with E-state index >= 15 is 0 Å². The zero-order valence-electron chi connectivity index (χ0n) is 14.8. The highest BCUT2D eigenvalue weighted by atomic mass is 32.2. The quantitative estimate of drug-likeness (QED) is 0.741. The first kappa shape index (κ1) is 19.0. The van der Waals surface area contributed by atoms with Crippen LogP contribution in [0.3, 0.4) is 0 Å². The maximum atomic E-state index is 12.3. The molecule has 0 unspecified atom stereocenters. The third-order valence-corrected chi connectivity index (χ3v) is 6.04. The Hall–Kier alpha value is -1.31. The van der Waals surface area contributed by atoms with Gasteiger partial charge >= 0.3 is 6.09 Å². The first-order valence-corrected chi connectivity index (χ1v) is 10.3. The van der Waals surface area contributed by atoms with Crippen molar-refractivity contribution >= 4 is 21.8 Å². The van der Waals surface area contributed by atoms with E-state index in [-0.39, 0.29) is 29.4 Å². The number of carbonyl (C=O) groups is 2. The molecule has 0 bridgehead atoms. The van der Waals surface area contributed by atoms with Crippen molar-refractivity contribution < 1.29 is 22.7 Å². The van der Waals surface area contributed by atoms with Gasteiger partial charge in [-0.15, -0.1) is 0 Å². The van der Waals surface area contributed by atoms with E-state index in [9.17, 15) is 18.0 Å². The van der Waals surface area contributed by atoms with Gasteiger partial charge in [0.15, 0.2) is 9.84 Å².